The summed E-state index contributed by atoms with van der Waals surface area (Å²) in [5, 5.41) is 20.8. The lowest BCUT2D eigenvalue weighted by Gasteiger charge is -2.33. The van der Waals surface area contributed by atoms with E-state index in [0.29, 0.717) is 35.9 Å². The number of piperidine rings is 1. The van der Waals surface area contributed by atoms with Crippen molar-refractivity contribution in [2.45, 2.75) is 58.2 Å². The molecule has 0 aliphatic carbocycles. The van der Waals surface area contributed by atoms with Crippen molar-refractivity contribution in [3.8, 4) is 6.07 Å². The van der Waals surface area contributed by atoms with E-state index < -0.39 is 6.10 Å². The Kier molecular flexibility index (Phi) is 5.44. The first-order valence-electron chi connectivity index (χ1n) is 10.6. The molecule has 6 nitrogen and oxygen atoms in total. The van der Waals surface area contributed by atoms with Crippen molar-refractivity contribution in [2.24, 2.45) is 0 Å². The number of aromatic nitrogens is 2. The third-order valence-electron chi connectivity index (χ3n) is 6.43. The number of pyridine rings is 1. The summed E-state index contributed by atoms with van der Waals surface area (Å²) in [5.41, 5.74) is 3.24. The maximum absolute atomic E-state index is 12.8. The fourth-order valence-corrected chi connectivity index (χ4v) is 5.01. The van der Waals surface area contributed by atoms with Crippen LogP contribution in [0.4, 0.5) is 0 Å². The molecule has 0 radical (unpaired) electrons. The van der Waals surface area contributed by atoms with Crippen LogP contribution in [0.15, 0.2) is 35.1 Å². The van der Waals surface area contributed by atoms with Gasteiger partial charge in [-0.3, -0.25) is 9.20 Å². The van der Waals surface area contributed by atoms with Crippen molar-refractivity contribution >= 4 is 16.7 Å². The van der Waals surface area contributed by atoms with Gasteiger partial charge in [0.1, 0.15) is 24.4 Å². The monoisotopic (exact) mass is 393 g/mol. The first kappa shape index (κ1) is 19.7. The molecule has 1 unspecified atom stereocenters. The number of fused-ring (bicyclic) bond motifs is 3. The van der Waals surface area contributed by atoms with Crippen molar-refractivity contribution in [3.05, 3.63) is 51.8 Å². The van der Waals surface area contributed by atoms with Crippen LogP contribution in [0.3, 0.4) is 0 Å². The number of rotatable bonds is 5. The van der Waals surface area contributed by atoms with Crippen LogP contribution in [0, 0.1) is 18.3 Å². The molecule has 29 heavy (non-hydrogen) atoms. The highest BCUT2D eigenvalue weighted by Gasteiger charge is 2.27. The predicted octanol–water partition coefficient (Wildman–Crippen LogP) is 1.64. The second-order valence-electron chi connectivity index (χ2n) is 8.28. The number of aliphatic hydroxyl groups is 1. The van der Waals surface area contributed by atoms with E-state index in [2.05, 4.69) is 13.0 Å². The fourth-order valence-electron chi connectivity index (χ4n) is 5.01. The summed E-state index contributed by atoms with van der Waals surface area (Å²) in [6, 6.07) is 12.1. The number of para-hydroxylation sites is 2. The molecule has 3 aromatic rings. The number of hydrogen-bond donors (Lipinski definition) is 2. The van der Waals surface area contributed by atoms with E-state index in [0.717, 1.165) is 24.0 Å². The molecule has 0 bridgehead atoms. The highest BCUT2D eigenvalue weighted by atomic mass is 16.3. The van der Waals surface area contributed by atoms with E-state index >= 15 is 0 Å². The fraction of sp³-hybridized carbons (Fsp3) is 0.478. The summed E-state index contributed by atoms with van der Waals surface area (Å²) >= 11 is 0. The average molecular weight is 394 g/mol. The van der Waals surface area contributed by atoms with Crippen molar-refractivity contribution in [1.82, 2.24) is 8.97 Å². The minimum absolute atomic E-state index is 0.145. The lowest BCUT2D eigenvalue weighted by atomic mass is 9.99. The Balaban J connectivity index is 1.78. The van der Waals surface area contributed by atoms with E-state index in [9.17, 15) is 15.2 Å². The zero-order valence-electron chi connectivity index (χ0n) is 17.2. The average Bonchev–Trinajstić information content (AvgIpc) is 3.03. The minimum atomic E-state index is -0.543. The largest absolute Gasteiger partial charge is 0.385 e. The predicted molar refractivity (Wildman–Crippen MR) is 113 cm³/mol. The number of hydrogen-bond acceptors (Lipinski definition) is 3. The smallest absolute Gasteiger partial charge is 0.257 e. The van der Waals surface area contributed by atoms with Gasteiger partial charge in [0.2, 0.25) is 0 Å². The maximum Gasteiger partial charge on any atom is 0.257 e. The maximum atomic E-state index is 12.8. The second kappa shape index (κ2) is 8.02. The van der Waals surface area contributed by atoms with Crippen molar-refractivity contribution in [1.29, 1.82) is 5.26 Å². The van der Waals surface area contributed by atoms with Crippen LogP contribution >= 0.6 is 0 Å². The molecule has 4 rings (SSSR count). The number of aliphatic hydroxyl groups excluding tert-OH is 1. The Morgan fingerprint density at radius 3 is 2.79 bits per heavy atom. The van der Waals surface area contributed by atoms with Crippen LogP contribution < -0.4 is 10.5 Å². The zero-order valence-corrected chi connectivity index (χ0v) is 17.2. The Hall–Kier alpha value is -2.62. The van der Waals surface area contributed by atoms with Gasteiger partial charge >= 0.3 is 0 Å². The van der Waals surface area contributed by atoms with E-state index in [1.54, 1.807) is 11.3 Å². The molecule has 1 aliphatic rings. The molecule has 152 valence electrons. The van der Waals surface area contributed by atoms with Gasteiger partial charge in [0, 0.05) is 6.07 Å². The molecule has 3 heterocycles. The number of nitrogens with one attached hydrogen (secondary N) is 1. The van der Waals surface area contributed by atoms with Gasteiger partial charge in [0.15, 0.2) is 0 Å². The van der Waals surface area contributed by atoms with Gasteiger partial charge in [-0.05, 0) is 50.3 Å². The Morgan fingerprint density at radius 2 is 2.07 bits per heavy atom. The summed E-state index contributed by atoms with van der Waals surface area (Å²) < 4.78 is 3.56. The normalized spacial score (nSPS) is 20.8. The van der Waals surface area contributed by atoms with E-state index in [-0.39, 0.29) is 5.56 Å². The number of nitrogens with zero attached hydrogens (tertiary/aromatic N) is 3. The molecular formula is C23H29N4O2+. The molecule has 2 N–H and O–H groups in total. The van der Waals surface area contributed by atoms with Crippen LogP contribution in [-0.2, 0) is 6.54 Å². The van der Waals surface area contributed by atoms with Crippen LogP contribution in [0.25, 0.3) is 16.7 Å². The molecule has 1 fully saturated rings. The molecule has 1 aliphatic heterocycles. The number of likely N-dealkylation sites (tertiary alicyclic amines) is 1. The Morgan fingerprint density at radius 1 is 1.31 bits per heavy atom. The van der Waals surface area contributed by atoms with E-state index in [4.69, 9.17) is 0 Å². The van der Waals surface area contributed by atoms with E-state index in [1.807, 2.05) is 28.8 Å². The second-order valence-corrected chi connectivity index (χ2v) is 8.28. The molecule has 0 spiro atoms. The van der Waals surface area contributed by atoms with Gasteiger partial charge in [-0.2, -0.15) is 5.26 Å². The molecule has 3 atom stereocenters. The van der Waals surface area contributed by atoms with Gasteiger partial charge in [-0.25, -0.2) is 0 Å². The molecule has 1 saturated heterocycles. The molecule has 0 saturated carbocycles. The SMILES string of the molecule is CC[C@@H]1CCCC[NH+]1C[C@H](O)Cn1c2ccccc2n2c(=O)cc(C)c(C#N)c12. The first-order chi connectivity index (χ1) is 14.0. The van der Waals surface area contributed by atoms with Crippen LogP contribution in [0.5, 0.6) is 0 Å². The van der Waals surface area contributed by atoms with Gasteiger partial charge in [-0.15, -0.1) is 0 Å². The molecule has 6 heteroatoms. The quantitative estimate of drug-likeness (QED) is 0.692. The summed E-state index contributed by atoms with van der Waals surface area (Å²) in [6.45, 7) is 6.18. The highest BCUT2D eigenvalue weighted by Crippen LogP contribution is 2.23. The third kappa shape index (κ3) is 3.45. The van der Waals surface area contributed by atoms with Crippen LogP contribution in [0.1, 0.15) is 43.7 Å². The summed E-state index contributed by atoms with van der Waals surface area (Å²) in [4.78, 5) is 14.2. The van der Waals surface area contributed by atoms with Crippen molar-refractivity contribution < 1.29 is 10.0 Å². The van der Waals surface area contributed by atoms with Gasteiger partial charge in [0.05, 0.1) is 35.7 Å². The summed E-state index contributed by atoms with van der Waals surface area (Å²) in [6.07, 6.45) is 4.30. The van der Waals surface area contributed by atoms with Crippen LogP contribution in [-0.4, -0.2) is 39.3 Å². The topological polar surface area (TPSA) is 74.9 Å². The number of aryl methyl sites for hydroxylation is 1. The minimum Gasteiger partial charge on any atom is -0.385 e. The Labute approximate surface area is 170 Å². The summed E-state index contributed by atoms with van der Waals surface area (Å²) in [7, 11) is 0. The molecule has 1 aromatic carbocycles. The Bertz CT molecular complexity index is 1140. The standard InChI is InChI=1S/C23H28N4O2/c1-3-17-8-6-7-11-25(17)14-18(28)15-26-20-9-4-5-10-21(20)27-22(29)12-16(2)19(13-24)23(26)27/h4-5,9-10,12,17-18,28H,3,6-8,11,14-15H2,1-2H3/p+1/t17-,18+/m1/s1. The molecule has 0 amide bonds. The number of benzene rings is 1. The molecular weight excluding hydrogens is 364 g/mol. The van der Waals surface area contributed by atoms with Gasteiger partial charge in [-0.1, -0.05) is 19.1 Å². The van der Waals surface area contributed by atoms with Crippen LogP contribution in [0.2, 0.25) is 0 Å². The first-order valence-corrected chi connectivity index (χ1v) is 10.6. The third-order valence-corrected chi connectivity index (χ3v) is 6.43. The zero-order chi connectivity index (χ0) is 20.5. The number of quaternary nitrogens is 1. The lowest BCUT2D eigenvalue weighted by molar-refractivity contribution is -0.933. The van der Waals surface area contributed by atoms with Crippen molar-refractivity contribution in [2.75, 3.05) is 13.1 Å². The highest BCUT2D eigenvalue weighted by molar-refractivity contribution is 5.84. The molecule has 2 aromatic heterocycles. The number of imidazole rings is 1. The van der Waals surface area contributed by atoms with Gasteiger partial charge in [0.25, 0.3) is 5.56 Å². The van der Waals surface area contributed by atoms with E-state index in [1.165, 1.54) is 30.2 Å². The lowest BCUT2D eigenvalue weighted by Crippen LogP contribution is -3.17. The summed E-state index contributed by atoms with van der Waals surface area (Å²) in [5.74, 6) is 0. The number of nitriles is 1. The van der Waals surface area contributed by atoms with Gasteiger partial charge < -0.3 is 14.6 Å². The van der Waals surface area contributed by atoms with Crippen molar-refractivity contribution in [3.63, 3.8) is 0 Å².